The van der Waals surface area contributed by atoms with Crippen LogP contribution in [-0.4, -0.2) is 18.4 Å². The van der Waals surface area contributed by atoms with Crippen molar-refractivity contribution in [3.05, 3.63) is 53.6 Å². The lowest BCUT2D eigenvalue weighted by Gasteiger charge is -2.20. The molecule has 5 nitrogen and oxygen atoms in total. The quantitative estimate of drug-likeness (QED) is 0.673. The smallest absolute Gasteiger partial charge is 0.240 e. The fraction of sp³-hybridized carbons (Fsp3) is 0.391. The SMILES string of the molecule is CCOc1ccc(NC(=O)C2(C(=O)Nc3c(C)cccc3C(C)C)CC2)cc1. The first-order valence-corrected chi connectivity index (χ1v) is 9.82. The van der Waals surface area contributed by atoms with Crippen LogP contribution in [0.5, 0.6) is 5.75 Å². The van der Waals surface area contributed by atoms with Gasteiger partial charge in [-0.3, -0.25) is 9.59 Å². The number of anilines is 2. The van der Waals surface area contributed by atoms with Gasteiger partial charge in [-0.25, -0.2) is 0 Å². The summed E-state index contributed by atoms with van der Waals surface area (Å²) in [6.45, 7) is 8.67. The van der Waals surface area contributed by atoms with Crippen LogP contribution < -0.4 is 15.4 Å². The van der Waals surface area contributed by atoms with Gasteiger partial charge in [-0.05, 0) is 68.0 Å². The number of nitrogens with one attached hydrogen (secondary N) is 2. The molecule has 2 amide bonds. The van der Waals surface area contributed by atoms with Crippen LogP contribution in [0.1, 0.15) is 50.7 Å². The predicted octanol–water partition coefficient (Wildman–Crippen LogP) is 4.87. The fourth-order valence-electron chi connectivity index (χ4n) is 3.31. The Kier molecular flexibility index (Phi) is 5.73. The maximum atomic E-state index is 13.0. The van der Waals surface area contributed by atoms with Gasteiger partial charge in [0.1, 0.15) is 11.2 Å². The van der Waals surface area contributed by atoms with E-state index in [4.69, 9.17) is 4.74 Å². The van der Waals surface area contributed by atoms with Crippen molar-refractivity contribution in [2.75, 3.05) is 17.2 Å². The van der Waals surface area contributed by atoms with Crippen LogP contribution in [0.15, 0.2) is 42.5 Å². The average molecular weight is 380 g/mol. The van der Waals surface area contributed by atoms with Gasteiger partial charge >= 0.3 is 0 Å². The molecule has 0 unspecified atom stereocenters. The second-order valence-corrected chi connectivity index (χ2v) is 7.64. The Balaban J connectivity index is 1.73. The van der Waals surface area contributed by atoms with E-state index in [9.17, 15) is 9.59 Å². The Labute approximate surface area is 166 Å². The minimum absolute atomic E-state index is 0.230. The van der Waals surface area contributed by atoms with E-state index in [0.717, 1.165) is 22.6 Å². The monoisotopic (exact) mass is 380 g/mol. The molecule has 0 saturated heterocycles. The van der Waals surface area contributed by atoms with Crippen molar-refractivity contribution in [1.29, 1.82) is 0 Å². The molecule has 2 aromatic carbocycles. The van der Waals surface area contributed by atoms with Gasteiger partial charge in [0.05, 0.1) is 6.61 Å². The highest BCUT2D eigenvalue weighted by atomic mass is 16.5. The number of para-hydroxylation sites is 1. The van der Waals surface area contributed by atoms with Crippen molar-refractivity contribution in [1.82, 2.24) is 0 Å². The van der Waals surface area contributed by atoms with E-state index in [1.165, 1.54) is 0 Å². The van der Waals surface area contributed by atoms with E-state index in [-0.39, 0.29) is 17.7 Å². The van der Waals surface area contributed by atoms with E-state index in [2.05, 4.69) is 24.5 Å². The van der Waals surface area contributed by atoms with Crippen molar-refractivity contribution in [3.63, 3.8) is 0 Å². The second-order valence-electron chi connectivity index (χ2n) is 7.64. The first-order valence-electron chi connectivity index (χ1n) is 9.82. The number of amides is 2. The summed E-state index contributed by atoms with van der Waals surface area (Å²) in [5.74, 6) is 0.546. The lowest BCUT2D eigenvalue weighted by molar-refractivity contribution is -0.131. The maximum Gasteiger partial charge on any atom is 0.240 e. The molecule has 0 atom stereocenters. The number of hydrogen-bond donors (Lipinski definition) is 2. The third kappa shape index (κ3) is 4.03. The van der Waals surface area contributed by atoms with Crippen LogP contribution in [0.2, 0.25) is 0 Å². The molecule has 148 valence electrons. The van der Waals surface area contributed by atoms with Gasteiger partial charge in [-0.2, -0.15) is 0 Å². The molecule has 0 spiro atoms. The first kappa shape index (κ1) is 19.9. The summed E-state index contributed by atoms with van der Waals surface area (Å²) in [7, 11) is 0. The van der Waals surface area contributed by atoms with Gasteiger partial charge < -0.3 is 15.4 Å². The van der Waals surface area contributed by atoms with E-state index in [0.29, 0.717) is 25.1 Å². The molecular formula is C23H28N2O3. The Morgan fingerprint density at radius 3 is 2.25 bits per heavy atom. The lowest BCUT2D eigenvalue weighted by Crippen LogP contribution is -2.36. The van der Waals surface area contributed by atoms with Gasteiger partial charge in [0.15, 0.2) is 0 Å². The van der Waals surface area contributed by atoms with Gasteiger partial charge in [-0.1, -0.05) is 32.0 Å². The molecule has 1 aliphatic carbocycles. The van der Waals surface area contributed by atoms with Crippen molar-refractivity contribution in [2.24, 2.45) is 5.41 Å². The molecule has 5 heteroatoms. The maximum absolute atomic E-state index is 13.0. The number of benzene rings is 2. The van der Waals surface area contributed by atoms with E-state index >= 15 is 0 Å². The van der Waals surface area contributed by atoms with Gasteiger partial charge in [0.2, 0.25) is 11.8 Å². The number of ether oxygens (including phenoxy) is 1. The fourth-order valence-corrected chi connectivity index (χ4v) is 3.31. The standard InChI is InChI=1S/C23H28N2O3/c1-5-28-18-11-9-17(10-12-18)24-21(26)23(13-14-23)22(27)25-20-16(4)7-6-8-19(20)15(2)3/h6-12,15H,5,13-14H2,1-4H3,(H,24,26)(H,25,27). The zero-order valence-corrected chi connectivity index (χ0v) is 17.0. The topological polar surface area (TPSA) is 67.4 Å². The van der Waals surface area contributed by atoms with Gasteiger partial charge in [0, 0.05) is 11.4 Å². The van der Waals surface area contributed by atoms with Crippen molar-refractivity contribution in [2.45, 2.75) is 46.5 Å². The number of rotatable bonds is 7. The van der Waals surface area contributed by atoms with Crippen LogP contribution in [0.3, 0.4) is 0 Å². The minimum Gasteiger partial charge on any atom is -0.494 e. The molecule has 0 radical (unpaired) electrons. The minimum atomic E-state index is -0.991. The Hall–Kier alpha value is -2.82. The number of aryl methyl sites for hydroxylation is 1. The molecule has 1 fully saturated rings. The molecule has 1 saturated carbocycles. The Bertz CT molecular complexity index is 868. The third-order valence-corrected chi connectivity index (χ3v) is 5.21. The molecule has 3 rings (SSSR count). The summed E-state index contributed by atoms with van der Waals surface area (Å²) in [6.07, 6.45) is 1.12. The molecule has 0 aliphatic heterocycles. The molecular weight excluding hydrogens is 352 g/mol. The van der Waals surface area contributed by atoms with Crippen LogP contribution in [0.25, 0.3) is 0 Å². The average Bonchev–Trinajstić information content (AvgIpc) is 3.47. The van der Waals surface area contributed by atoms with Crippen molar-refractivity contribution < 1.29 is 14.3 Å². The van der Waals surface area contributed by atoms with Crippen LogP contribution in [0.4, 0.5) is 11.4 Å². The third-order valence-electron chi connectivity index (χ3n) is 5.21. The summed E-state index contributed by atoms with van der Waals surface area (Å²) < 4.78 is 5.41. The molecule has 1 aliphatic rings. The highest BCUT2D eigenvalue weighted by molar-refractivity contribution is 6.17. The summed E-state index contributed by atoms with van der Waals surface area (Å²) in [5, 5.41) is 5.91. The number of hydrogen-bond acceptors (Lipinski definition) is 3. The molecule has 2 aromatic rings. The lowest BCUT2D eigenvalue weighted by atomic mass is 9.97. The summed E-state index contributed by atoms with van der Waals surface area (Å²) >= 11 is 0. The first-order chi connectivity index (χ1) is 13.4. The van der Waals surface area contributed by atoms with Crippen molar-refractivity contribution in [3.8, 4) is 5.75 Å². The zero-order chi connectivity index (χ0) is 20.3. The molecule has 0 bridgehead atoms. The molecule has 0 heterocycles. The Morgan fingerprint density at radius 1 is 1.04 bits per heavy atom. The largest absolute Gasteiger partial charge is 0.494 e. The van der Waals surface area contributed by atoms with Crippen LogP contribution in [-0.2, 0) is 9.59 Å². The highest BCUT2D eigenvalue weighted by Gasteiger charge is 2.56. The Morgan fingerprint density at radius 2 is 1.68 bits per heavy atom. The number of carbonyl (C=O) groups excluding carboxylic acids is 2. The van der Waals surface area contributed by atoms with Crippen molar-refractivity contribution >= 4 is 23.2 Å². The van der Waals surface area contributed by atoms with Crippen LogP contribution >= 0.6 is 0 Å². The van der Waals surface area contributed by atoms with E-state index < -0.39 is 5.41 Å². The van der Waals surface area contributed by atoms with Crippen LogP contribution in [0, 0.1) is 12.3 Å². The molecule has 0 aromatic heterocycles. The predicted molar refractivity (Wildman–Crippen MR) is 112 cm³/mol. The second kappa shape index (κ2) is 8.05. The summed E-state index contributed by atoms with van der Waals surface area (Å²) in [6, 6.07) is 13.2. The van der Waals surface area contributed by atoms with Gasteiger partial charge in [-0.15, -0.1) is 0 Å². The summed E-state index contributed by atoms with van der Waals surface area (Å²) in [5.41, 5.74) is 2.57. The summed E-state index contributed by atoms with van der Waals surface area (Å²) in [4.78, 5) is 25.8. The number of carbonyl (C=O) groups is 2. The molecule has 2 N–H and O–H groups in total. The van der Waals surface area contributed by atoms with Gasteiger partial charge in [0.25, 0.3) is 0 Å². The van der Waals surface area contributed by atoms with E-state index in [1.807, 2.05) is 32.0 Å². The van der Waals surface area contributed by atoms with E-state index in [1.54, 1.807) is 24.3 Å². The molecule has 28 heavy (non-hydrogen) atoms. The normalized spacial score (nSPS) is 14.5. The zero-order valence-electron chi connectivity index (χ0n) is 17.0. The highest BCUT2D eigenvalue weighted by Crippen LogP contribution is 2.48.